The average Bonchev–Trinajstić information content (AvgIpc) is 3.28. The van der Waals surface area contributed by atoms with E-state index in [2.05, 4.69) is 10.3 Å². The molecule has 0 aliphatic rings. The molecule has 144 valence electrons. The van der Waals surface area contributed by atoms with Gasteiger partial charge in [0, 0.05) is 25.5 Å². The van der Waals surface area contributed by atoms with E-state index in [9.17, 15) is 14.4 Å². The van der Waals surface area contributed by atoms with Crippen molar-refractivity contribution in [1.82, 2.24) is 28.9 Å². The van der Waals surface area contributed by atoms with E-state index < -0.39 is 11.2 Å². The third kappa shape index (κ3) is 3.58. The molecule has 0 aliphatic carbocycles. The normalized spacial score (nSPS) is 12.6. The molecule has 3 aromatic heterocycles. The van der Waals surface area contributed by atoms with Crippen molar-refractivity contribution in [2.24, 2.45) is 14.1 Å². The Morgan fingerprint density at radius 1 is 1.30 bits per heavy atom. The Morgan fingerprint density at radius 3 is 2.67 bits per heavy atom. The van der Waals surface area contributed by atoms with Gasteiger partial charge < -0.3 is 14.8 Å². The molecule has 0 saturated heterocycles. The molecule has 0 unspecified atom stereocenters. The third-order valence-corrected chi connectivity index (χ3v) is 5.49. The van der Waals surface area contributed by atoms with Crippen molar-refractivity contribution in [1.29, 1.82) is 0 Å². The van der Waals surface area contributed by atoms with Crippen molar-refractivity contribution in [2.75, 3.05) is 20.6 Å². The van der Waals surface area contributed by atoms with Gasteiger partial charge in [0.1, 0.15) is 6.54 Å². The van der Waals surface area contributed by atoms with E-state index in [-0.39, 0.29) is 29.7 Å². The summed E-state index contributed by atoms with van der Waals surface area (Å²) in [6.07, 6.45) is 1.41. The second-order valence-electron chi connectivity index (χ2n) is 6.55. The van der Waals surface area contributed by atoms with Gasteiger partial charge in [0.05, 0.1) is 12.4 Å². The fourth-order valence-electron chi connectivity index (χ4n) is 2.96. The minimum absolute atomic E-state index is 0.0471. The maximum atomic E-state index is 12.4. The molecule has 9 nitrogen and oxygen atoms in total. The van der Waals surface area contributed by atoms with Crippen LogP contribution in [0.15, 0.2) is 33.4 Å². The van der Waals surface area contributed by atoms with Gasteiger partial charge in [-0.25, -0.2) is 9.78 Å². The second-order valence-corrected chi connectivity index (χ2v) is 7.53. The Balaban J connectivity index is 1.79. The first-order valence-corrected chi connectivity index (χ1v) is 9.26. The minimum atomic E-state index is -0.469. The zero-order chi connectivity index (χ0) is 19.7. The van der Waals surface area contributed by atoms with E-state index in [1.807, 2.05) is 36.5 Å². The van der Waals surface area contributed by atoms with Gasteiger partial charge in [-0.3, -0.25) is 18.7 Å². The van der Waals surface area contributed by atoms with Crippen LogP contribution in [0.4, 0.5) is 0 Å². The van der Waals surface area contributed by atoms with Gasteiger partial charge in [-0.05, 0) is 25.5 Å². The quantitative estimate of drug-likeness (QED) is 0.635. The van der Waals surface area contributed by atoms with Crippen molar-refractivity contribution in [3.63, 3.8) is 0 Å². The van der Waals surface area contributed by atoms with Crippen molar-refractivity contribution in [2.45, 2.75) is 12.6 Å². The molecule has 0 radical (unpaired) electrons. The molecule has 0 bridgehead atoms. The number of likely N-dealkylation sites (N-methyl/N-ethyl adjacent to an activating group) is 1. The SMILES string of the molecule is CN(C)[C@@H](CNC(=O)Cn1cnc2c1c(=O)n(C)c(=O)n2C)c1cccs1. The fraction of sp³-hybridized carbons (Fsp3) is 0.412. The number of amides is 1. The number of nitrogens with one attached hydrogen (secondary N) is 1. The van der Waals surface area contributed by atoms with E-state index in [0.29, 0.717) is 6.54 Å². The first-order chi connectivity index (χ1) is 12.8. The minimum Gasteiger partial charge on any atom is -0.353 e. The molecule has 10 heteroatoms. The number of carbonyl (C=O) groups is 1. The predicted octanol–water partition coefficient (Wildman–Crippen LogP) is -0.0857. The Morgan fingerprint density at radius 2 is 2.04 bits per heavy atom. The van der Waals surface area contributed by atoms with Gasteiger partial charge in [-0.15, -0.1) is 11.3 Å². The van der Waals surface area contributed by atoms with E-state index in [0.717, 1.165) is 9.44 Å². The van der Waals surface area contributed by atoms with Crippen LogP contribution in [0.5, 0.6) is 0 Å². The number of fused-ring (bicyclic) bond motifs is 1. The molecule has 1 amide bonds. The largest absolute Gasteiger partial charge is 0.353 e. The number of imidazole rings is 1. The number of nitrogens with zero attached hydrogens (tertiary/aromatic N) is 5. The van der Waals surface area contributed by atoms with Gasteiger partial charge in [-0.2, -0.15) is 0 Å². The van der Waals surface area contributed by atoms with Gasteiger partial charge in [-0.1, -0.05) is 6.07 Å². The maximum absolute atomic E-state index is 12.4. The molecule has 3 rings (SSSR count). The second kappa shape index (κ2) is 7.49. The van der Waals surface area contributed by atoms with Crippen LogP contribution in [0.3, 0.4) is 0 Å². The lowest BCUT2D eigenvalue weighted by molar-refractivity contribution is -0.121. The van der Waals surface area contributed by atoms with E-state index >= 15 is 0 Å². The zero-order valence-corrected chi connectivity index (χ0v) is 16.5. The van der Waals surface area contributed by atoms with Crippen LogP contribution in [0.25, 0.3) is 11.2 Å². The van der Waals surface area contributed by atoms with E-state index in [4.69, 9.17) is 0 Å². The lowest BCUT2D eigenvalue weighted by Crippen LogP contribution is -2.38. The summed E-state index contributed by atoms with van der Waals surface area (Å²) in [7, 11) is 6.88. The predicted molar refractivity (Wildman–Crippen MR) is 104 cm³/mol. The van der Waals surface area contributed by atoms with Crippen LogP contribution in [0, 0.1) is 0 Å². The molecule has 0 fully saturated rings. The fourth-order valence-corrected chi connectivity index (χ4v) is 3.88. The van der Waals surface area contributed by atoms with Crippen molar-refractivity contribution >= 4 is 28.4 Å². The van der Waals surface area contributed by atoms with Crippen LogP contribution in [0.2, 0.25) is 0 Å². The summed E-state index contributed by atoms with van der Waals surface area (Å²) < 4.78 is 3.78. The van der Waals surface area contributed by atoms with Crippen molar-refractivity contribution in [3.8, 4) is 0 Å². The molecule has 1 atom stereocenters. The number of rotatable bonds is 6. The smallest absolute Gasteiger partial charge is 0.332 e. The first-order valence-electron chi connectivity index (χ1n) is 8.38. The Bertz CT molecular complexity index is 1080. The van der Waals surface area contributed by atoms with Gasteiger partial charge in [0.15, 0.2) is 11.2 Å². The molecule has 1 N–H and O–H groups in total. The van der Waals surface area contributed by atoms with Crippen LogP contribution < -0.4 is 16.6 Å². The Hall–Kier alpha value is -2.72. The number of aromatic nitrogens is 4. The number of hydrogen-bond acceptors (Lipinski definition) is 6. The van der Waals surface area contributed by atoms with Crippen molar-refractivity contribution in [3.05, 3.63) is 49.6 Å². The molecular formula is C17H22N6O3S. The zero-order valence-electron chi connectivity index (χ0n) is 15.7. The Labute approximate surface area is 159 Å². The van der Waals surface area contributed by atoms with Gasteiger partial charge in [0.25, 0.3) is 5.56 Å². The molecule has 3 aromatic rings. The molecule has 0 spiro atoms. The summed E-state index contributed by atoms with van der Waals surface area (Å²) in [5.74, 6) is -0.228. The lowest BCUT2D eigenvalue weighted by atomic mass is 10.2. The van der Waals surface area contributed by atoms with Crippen LogP contribution in [-0.2, 0) is 25.4 Å². The van der Waals surface area contributed by atoms with Gasteiger partial charge in [0.2, 0.25) is 5.91 Å². The van der Waals surface area contributed by atoms with E-state index in [1.165, 1.54) is 22.5 Å². The summed E-state index contributed by atoms with van der Waals surface area (Å²) in [5.41, 5.74) is -0.423. The highest BCUT2D eigenvalue weighted by Crippen LogP contribution is 2.22. The summed E-state index contributed by atoms with van der Waals surface area (Å²) in [6.45, 7) is 0.407. The maximum Gasteiger partial charge on any atom is 0.332 e. The summed E-state index contributed by atoms with van der Waals surface area (Å²) in [6, 6.07) is 4.09. The number of aryl methyl sites for hydroxylation is 1. The molecule has 3 heterocycles. The average molecular weight is 390 g/mol. The highest BCUT2D eigenvalue weighted by atomic mass is 32.1. The monoisotopic (exact) mass is 390 g/mol. The van der Waals surface area contributed by atoms with Gasteiger partial charge >= 0.3 is 5.69 Å². The molecule has 0 aromatic carbocycles. The first kappa shape index (κ1) is 19.1. The molecule has 27 heavy (non-hydrogen) atoms. The number of thiophene rings is 1. The standard InChI is InChI=1S/C17H22N6O3S/c1-20(2)11(12-6-5-7-27-12)8-18-13(24)9-23-10-19-15-14(23)16(25)22(4)17(26)21(15)3/h5-7,10-11H,8-9H2,1-4H3,(H,18,24)/t11-/m0/s1. The topological polar surface area (TPSA) is 94.2 Å². The summed E-state index contributed by atoms with van der Waals surface area (Å²) in [4.78, 5) is 44.2. The van der Waals surface area contributed by atoms with Crippen molar-refractivity contribution < 1.29 is 4.79 Å². The molecule has 0 saturated carbocycles. The van der Waals surface area contributed by atoms with Crippen LogP contribution in [-0.4, -0.2) is 50.1 Å². The lowest BCUT2D eigenvalue weighted by Gasteiger charge is -2.23. The van der Waals surface area contributed by atoms with Crippen LogP contribution in [0.1, 0.15) is 10.9 Å². The third-order valence-electron chi connectivity index (χ3n) is 4.52. The highest BCUT2D eigenvalue weighted by Gasteiger charge is 2.18. The summed E-state index contributed by atoms with van der Waals surface area (Å²) in [5, 5.41) is 4.92. The summed E-state index contributed by atoms with van der Waals surface area (Å²) >= 11 is 1.64. The Kier molecular flexibility index (Phi) is 5.29. The molecule has 0 aliphatic heterocycles. The molecular weight excluding hydrogens is 368 g/mol. The number of carbonyl (C=O) groups excluding carboxylic acids is 1. The van der Waals surface area contributed by atoms with Crippen LogP contribution >= 0.6 is 11.3 Å². The number of hydrogen-bond donors (Lipinski definition) is 1. The highest BCUT2D eigenvalue weighted by molar-refractivity contribution is 7.10. The van der Waals surface area contributed by atoms with E-state index in [1.54, 1.807) is 18.4 Å².